The number of aryl methyl sites for hydroxylation is 2. The maximum absolute atomic E-state index is 5.31. The van der Waals surface area contributed by atoms with Crippen LogP contribution in [0, 0.1) is 13.8 Å². The lowest BCUT2D eigenvalue weighted by molar-refractivity contribution is 1.08. The Balaban J connectivity index is 2.48. The number of nitrogens with zero attached hydrogens (tertiary/aromatic N) is 3. The van der Waals surface area contributed by atoms with Crippen molar-refractivity contribution in [3.8, 4) is 10.8 Å². The predicted octanol–water partition coefficient (Wildman–Crippen LogP) is 1.50. The van der Waals surface area contributed by atoms with Crippen molar-refractivity contribution >= 4 is 17.2 Å². The van der Waals surface area contributed by atoms with Crippen molar-refractivity contribution in [3.05, 3.63) is 22.8 Å². The van der Waals surface area contributed by atoms with Crippen LogP contribution < -0.4 is 11.3 Å². The fourth-order valence-electron chi connectivity index (χ4n) is 1.19. The molecule has 0 saturated heterocycles. The number of aromatic nitrogens is 3. The Morgan fingerprint density at radius 2 is 2.00 bits per heavy atom. The highest BCUT2D eigenvalue weighted by molar-refractivity contribution is 7.13. The number of hydrogen-bond acceptors (Lipinski definition) is 6. The summed E-state index contributed by atoms with van der Waals surface area (Å²) in [7, 11) is 0. The van der Waals surface area contributed by atoms with Crippen LogP contribution in [0.3, 0.4) is 0 Å². The molecular weight excluding hydrogens is 210 g/mol. The summed E-state index contributed by atoms with van der Waals surface area (Å²) in [5.41, 5.74) is 4.35. The third-order valence-electron chi connectivity index (χ3n) is 1.81. The summed E-state index contributed by atoms with van der Waals surface area (Å²) in [6, 6.07) is 1.78. The summed E-state index contributed by atoms with van der Waals surface area (Å²) < 4.78 is 0. The van der Waals surface area contributed by atoms with E-state index in [9.17, 15) is 0 Å². The molecule has 0 bridgehead atoms. The molecule has 2 heterocycles. The van der Waals surface area contributed by atoms with Crippen LogP contribution in [0.5, 0.6) is 0 Å². The normalized spacial score (nSPS) is 10.3. The third-order valence-corrected chi connectivity index (χ3v) is 2.77. The van der Waals surface area contributed by atoms with Gasteiger partial charge in [0.25, 0.3) is 0 Å². The van der Waals surface area contributed by atoms with Crippen molar-refractivity contribution < 1.29 is 0 Å². The van der Waals surface area contributed by atoms with Gasteiger partial charge in [-0.1, -0.05) is 0 Å². The Bertz CT molecular complexity index is 479. The molecule has 78 valence electrons. The minimum absolute atomic E-state index is 0.602. The van der Waals surface area contributed by atoms with Crippen molar-refractivity contribution in [2.45, 2.75) is 13.8 Å². The molecule has 0 amide bonds. The van der Waals surface area contributed by atoms with Crippen LogP contribution in [0.2, 0.25) is 0 Å². The molecule has 0 aliphatic heterocycles. The van der Waals surface area contributed by atoms with E-state index in [0.717, 1.165) is 16.4 Å². The Labute approximate surface area is 91.4 Å². The maximum atomic E-state index is 5.31. The maximum Gasteiger partial charge on any atom is 0.190 e. The molecule has 0 saturated carbocycles. The molecule has 6 heteroatoms. The number of hydrogen-bond donors (Lipinski definition) is 2. The predicted molar refractivity (Wildman–Crippen MR) is 60.4 cm³/mol. The molecule has 0 spiro atoms. The van der Waals surface area contributed by atoms with Crippen molar-refractivity contribution in [3.63, 3.8) is 0 Å². The van der Waals surface area contributed by atoms with Crippen LogP contribution >= 0.6 is 11.3 Å². The van der Waals surface area contributed by atoms with E-state index in [0.29, 0.717) is 11.6 Å². The number of thiazole rings is 1. The number of anilines is 1. The topological polar surface area (TPSA) is 76.7 Å². The Kier molecular flexibility index (Phi) is 2.61. The molecule has 15 heavy (non-hydrogen) atoms. The number of nitrogen functional groups attached to an aromatic ring is 1. The molecule has 0 aliphatic rings. The van der Waals surface area contributed by atoms with E-state index >= 15 is 0 Å². The number of nitrogens with two attached hydrogens (primary N) is 1. The summed E-state index contributed by atoms with van der Waals surface area (Å²) >= 11 is 1.53. The molecule has 5 nitrogen and oxygen atoms in total. The fourth-order valence-corrected chi connectivity index (χ4v) is 1.92. The van der Waals surface area contributed by atoms with Crippen LogP contribution in [0.1, 0.15) is 11.4 Å². The van der Waals surface area contributed by atoms with E-state index in [1.54, 1.807) is 6.07 Å². The van der Waals surface area contributed by atoms with Gasteiger partial charge in [-0.2, -0.15) is 0 Å². The van der Waals surface area contributed by atoms with Gasteiger partial charge in [-0.15, -0.1) is 11.3 Å². The molecule has 0 unspecified atom stereocenters. The summed E-state index contributed by atoms with van der Waals surface area (Å²) in [6.07, 6.45) is 0. The van der Waals surface area contributed by atoms with E-state index in [2.05, 4.69) is 20.4 Å². The zero-order chi connectivity index (χ0) is 10.8. The van der Waals surface area contributed by atoms with E-state index in [4.69, 9.17) is 5.84 Å². The highest BCUT2D eigenvalue weighted by atomic mass is 32.1. The zero-order valence-corrected chi connectivity index (χ0v) is 9.30. The number of rotatable bonds is 2. The summed E-state index contributed by atoms with van der Waals surface area (Å²) in [6.45, 7) is 3.84. The second kappa shape index (κ2) is 3.92. The lowest BCUT2D eigenvalue weighted by Gasteiger charge is -2.02. The molecule has 0 fully saturated rings. The van der Waals surface area contributed by atoms with Gasteiger partial charge in [0, 0.05) is 22.8 Å². The molecular formula is C9H11N5S. The van der Waals surface area contributed by atoms with E-state index in [-0.39, 0.29) is 0 Å². The van der Waals surface area contributed by atoms with Gasteiger partial charge in [0.1, 0.15) is 5.82 Å². The van der Waals surface area contributed by atoms with Gasteiger partial charge in [-0.3, -0.25) is 0 Å². The Morgan fingerprint density at radius 3 is 2.60 bits per heavy atom. The van der Waals surface area contributed by atoms with Gasteiger partial charge in [0.15, 0.2) is 10.8 Å². The fraction of sp³-hybridized carbons (Fsp3) is 0.222. The number of hydrazine groups is 1. The third kappa shape index (κ3) is 2.11. The molecule has 2 aromatic heterocycles. The van der Waals surface area contributed by atoms with Gasteiger partial charge in [-0.05, 0) is 13.8 Å². The first-order valence-electron chi connectivity index (χ1n) is 4.44. The van der Waals surface area contributed by atoms with Crippen LogP contribution in [-0.2, 0) is 0 Å². The molecule has 0 atom stereocenters. The van der Waals surface area contributed by atoms with Crippen molar-refractivity contribution in [1.82, 2.24) is 15.0 Å². The van der Waals surface area contributed by atoms with Gasteiger partial charge >= 0.3 is 0 Å². The van der Waals surface area contributed by atoms with Crippen molar-refractivity contribution in [2.75, 3.05) is 5.43 Å². The monoisotopic (exact) mass is 221 g/mol. The summed E-state index contributed by atoms with van der Waals surface area (Å²) in [5.74, 6) is 6.53. The second-order valence-electron chi connectivity index (χ2n) is 3.16. The standard InChI is InChI=1S/C9H11N5S/c1-5-3-7(14-10)13-8(11-5)9-12-6(2)4-15-9/h3-4H,10H2,1-2H3,(H,11,13,14). The van der Waals surface area contributed by atoms with Crippen LogP contribution in [0.15, 0.2) is 11.4 Å². The summed E-state index contributed by atoms with van der Waals surface area (Å²) in [4.78, 5) is 12.9. The van der Waals surface area contributed by atoms with Crippen LogP contribution in [-0.4, -0.2) is 15.0 Å². The first-order valence-corrected chi connectivity index (χ1v) is 5.32. The second-order valence-corrected chi connectivity index (χ2v) is 4.01. The van der Waals surface area contributed by atoms with Gasteiger partial charge in [0.05, 0.1) is 0 Å². The van der Waals surface area contributed by atoms with Gasteiger partial charge < -0.3 is 5.43 Å². The highest BCUT2D eigenvalue weighted by Gasteiger charge is 2.07. The highest BCUT2D eigenvalue weighted by Crippen LogP contribution is 2.21. The average Bonchev–Trinajstić information content (AvgIpc) is 2.64. The molecule has 2 aromatic rings. The van der Waals surface area contributed by atoms with Crippen molar-refractivity contribution in [2.24, 2.45) is 5.84 Å². The van der Waals surface area contributed by atoms with Gasteiger partial charge in [0.2, 0.25) is 0 Å². The summed E-state index contributed by atoms with van der Waals surface area (Å²) in [5, 5.41) is 2.78. The Morgan fingerprint density at radius 1 is 1.20 bits per heavy atom. The quantitative estimate of drug-likeness (QED) is 0.593. The SMILES string of the molecule is Cc1cc(NN)nc(-c2nc(C)cs2)n1. The van der Waals surface area contributed by atoms with E-state index in [1.165, 1.54) is 11.3 Å². The van der Waals surface area contributed by atoms with Crippen LogP contribution in [0.25, 0.3) is 10.8 Å². The van der Waals surface area contributed by atoms with E-state index in [1.807, 2.05) is 19.2 Å². The molecule has 2 rings (SSSR count). The molecule has 0 aromatic carbocycles. The smallest absolute Gasteiger partial charge is 0.190 e. The Hall–Kier alpha value is -1.53. The number of nitrogens with one attached hydrogen (secondary N) is 1. The minimum Gasteiger partial charge on any atom is -0.308 e. The largest absolute Gasteiger partial charge is 0.308 e. The first kappa shape index (κ1) is 10.0. The first-order chi connectivity index (χ1) is 7.19. The van der Waals surface area contributed by atoms with Crippen LogP contribution in [0.4, 0.5) is 5.82 Å². The zero-order valence-electron chi connectivity index (χ0n) is 8.48. The molecule has 0 aliphatic carbocycles. The molecule has 3 N–H and O–H groups in total. The van der Waals surface area contributed by atoms with Gasteiger partial charge in [-0.25, -0.2) is 20.8 Å². The molecule has 0 radical (unpaired) electrons. The average molecular weight is 221 g/mol. The lowest BCUT2D eigenvalue weighted by atomic mass is 10.4. The minimum atomic E-state index is 0.602. The van der Waals surface area contributed by atoms with E-state index < -0.39 is 0 Å². The lowest BCUT2D eigenvalue weighted by Crippen LogP contribution is -2.09. The van der Waals surface area contributed by atoms with Crippen molar-refractivity contribution in [1.29, 1.82) is 0 Å².